The number of rotatable bonds is 6. The van der Waals surface area contributed by atoms with Crippen molar-refractivity contribution < 1.29 is 4.74 Å². The van der Waals surface area contributed by atoms with E-state index in [0.717, 1.165) is 31.6 Å². The van der Waals surface area contributed by atoms with Gasteiger partial charge in [-0.1, -0.05) is 19.1 Å². The molecule has 1 aromatic carbocycles. The molecule has 1 aliphatic rings. The van der Waals surface area contributed by atoms with Crippen LogP contribution in [0.5, 0.6) is 5.75 Å². The largest absolute Gasteiger partial charge is 0.493 e. The molecular formula is C15H23NOS. The lowest BCUT2D eigenvalue weighted by atomic mass is 9.87. The summed E-state index contributed by atoms with van der Waals surface area (Å²) in [5, 5.41) is 0. The number of thioether (sulfide) groups is 1. The Kier molecular flexibility index (Phi) is 5.39. The van der Waals surface area contributed by atoms with Crippen molar-refractivity contribution in [1.82, 2.24) is 0 Å². The Labute approximate surface area is 114 Å². The molecule has 18 heavy (non-hydrogen) atoms. The van der Waals surface area contributed by atoms with Crippen LogP contribution in [0.1, 0.15) is 43.4 Å². The zero-order valence-corrected chi connectivity index (χ0v) is 12.0. The van der Waals surface area contributed by atoms with E-state index in [1.54, 1.807) is 0 Å². The summed E-state index contributed by atoms with van der Waals surface area (Å²) < 4.78 is 5.93. The second-order valence-corrected chi connectivity index (χ2v) is 6.12. The number of hydrogen-bond donors (Lipinski definition) is 1. The SMILES string of the molecule is CCSCCCOc1cccc2c1CCCC2N. The maximum Gasteiger partial charge on any atom is 0.122 e. The Morgan fingerprint density at radius 2 is 2.33 bits per heavy atom. The lowest BCUT2D eigenvalue weighted by Crippen LogP contribution is -2.18. The predicted molar refractivity (Wildman–Crippen MR) is 79.4 cm³/mol. The van der Waals surface area contributed by atoms with Gasteiger partial charge < -0.3 is 10.5 Å². The van der Waals surface area contributed by atoms with Crippen LogP contribution in [0.4, 0.5) is 0 Å². The summed E-state index contributed by atoms with van der Waals surface area (Å²) in [7, 11) is 0. The Morgan fingerprint density at radius 1 is 1.44 bits per heavy atom. The van der Waals surface area contributed by atoms with E-state index in [9.17, 15) is 0 Å². The minimum atomic E-state index is 0.202. The number of benzene rings is 1. The summed E-state index contributed by atoms with van der Waals surface area (Å²) in [6, 6.07) is 6.51. The molecule has 1 aliphatic carbocycles. The van der Waals surface area contributed by atoms with E-state index in [2.05, 4.69) is 25.1 Å². The Balaban J connectivity index is 1.94. The molecule has 3 heteroatoms. The fourth-order valence-corrected chi connectivity index (χ4v) is 3.09. The van der Waals surface area contributed by atoms with E-state index in [0.29, 0.717) is 0 Å². The van der Waals surface area contributed by atoms with Gasteiger partial charge in [0.05, 0.1) is 6.61 Å². The molecule has 0 amide bonds. The van der Waals surface area contributed by atoms with Crippen molar-refractivity contribution >= 4 is 11.8 Å². The normalized spacial score (nSPS) is 18.4. The minimum Gasteiger partial charge on any atom is -0.493 e. The lowest BCUT2D eigenvalue weighted by molar-refractivity contribution is 0.313. The van der Waals surface area contributed by atoms with Crippen LogP contribution in [0.3, 0.4) is 0 Å². The molecule has 0 aliphatic heterocycles. The first-order chi connectivity index (χ1) is 8.83. The van der Waals surface area contributed by atoms with Gasteiger partial charge in [0.25, 0.3) is 0 Å². The minimum absolute atomic E-state index is 0.202. The first-order valence-electron chi connectivity index (χ1n) is 6.91. The molecule has 1 aromatic rings. The second kappa shape index (κ2) is 7.05. The van der Waals surface area contributed by atoms with Crippen LogP contribution in [0.15, 0.2) is 18.2 Å². The highest BCUT2D eigenvalue weighted by Gasteiger charge is 2.19. The lowest BCUT2D eigenvalue weighted by Gasteiger charge is -2.24. The second-order valence-electron chi connectivity index (χ2n) is 4.72. The van der Waals surface area contributed by atoms with E-state index in [-0.39, 0.29) is 6.04 Å². The van der Waals surface area contributed by atoms with Crippen molar-refractivity contribution in [2.45, 2.75) is 38.6 Å². The molecular weight excluding hydrogens is 242 g/mol. The maximum atomic E-state index is 6.15. The molecule has 0 heterocycles. The fourth-order valence-electron chi connectivity index (χ4n) is 2.47. The number of nitrogens with two attached hydrogens (primary N) is 1. The van der Waals surface area contributed by atoms with Crippen LogP contribution in [-0.4, -0.2) is 18.1 Å². The van der Waals surface area contributed by atoms with Gasteiger partial charge in [-0.2, -0.15) is 11.8 Å². The Bertz CT molecular complexity index is 381. The van der Waals surface area contributed by atoms with Gasteiger partial charge in [0.2, 0.25) is 0 Å². The van der Waals surface area contributed by atoms with Crippen LogP contribution in [0.2, 0.25) is 0 Å². The molecule has 0 saturated heterocycles. The first kappa shape index (κ1) is 13.8. The highest BCUT2D eigenvalue weighted by Crippen LogP contribution is 2.34. The molecule has 0 bridgehead atoms. The van der Waals surface area contributed by atoms with E-state index in [1.165, 1.54) is 29.1 Å². The van der Waals surface area contributed by atoms with Crippen molar-refractivity contribution in [3.05, 3.63) is 29.3 Å². The highest BCUT2D eigenvalue weighted by atomic mass is 32.2. The maximum absolute atomic E-state index is 6.15. The zero-order valence-electron chi connectivity index (χ0n) is 11.2. The zero-order chi connectivity index (χ0) is 12.8. The van der Waals surface area contributed by atoms with Crippen LogP contribution >= 0.6 is 11.8 Å². The number of hydrogen-bond acceptors (Lipinski definition) is 3. The van der Waals surface area contributed by atoms with Gasteiger partial charge in [-0.15, -0.1) is 0 Å². The standard InChI is InChI=1S/C15H23NOS/c1-2-18-11-5-10-17-15-9-4-6-12-13(15)7-3-8-14(12)16/h4,6,9,14H,2-3,5,7-8,10-11,16H2,1H3. The average Bonchev–Trinajstić information content (AvgIpc) is 2.39. The molecule has 0 saturated carbocycles. The van der Waals surface area contributed by atoms with Gasteiger partial charge in [-0.3, -0.25) is 0 Å². The summed E-state index contributed by atoms with van der Waals surface area (Å²) in [4.78, 5) is 0. The summed E-state index contributed by atoms with van der Waals surface area (Å²) in [5.41, 5.74) is 8.79. The third kappa shape index (κ3) is 3.42. The summed E-state index contributed by atoms with van der Waals surface area (Å²) in [6.07, 6.45) is 4.51. The molecule has 0 fully saturated rings. The van der Waals surface area contributed by atoms with E-state index < -0.39 is 0 Å². The third-order valence-corrected chi connectivity index (χ3v) is 4.39. The quantitative estimate of drug-likeness (QED) is 0.799. The van der Waals surface area contributed by atoms with E-state index in [1.807, 2.05) is 11.8 Å². The molecule has 0 radical (unpaired) electrons. The van der Waals surface area contributed by atoms with Crippen molar-refractivity contribution in [3.8, 4) is 5.75 Å². The average molecular weight is 265 g/mol. The number of ether oxygens (including phenoxy) is 1. The predicted octanol–water partition coefficient (Wildman–Crippen LogP) is 3.54. The van der Waals surface area contributed by atoms with E-state index in [4.69, 9.17) is 10.5 Å². The molecule has 1 unspecified atom stereocenters. The summed E-state index contributed by atoms with van der Waals surface area (Å²) in [5.74, 6) is 3.44. The third-order valence-electron chi connectivity index (χ3n) is 3.41. The van der Waals surface area contributed by atoms with Gasteiger partial charge in [-0.05, 0) is 54.4 Å². The van der Waals surface area contributed by atoms with Crippen LogP contribution in [0, 0.1) is 0 Å². The molecule has 0 spiro atoms. The molecule has 100 valence electrons. The summed E-state index contributed by atoms with van der Waals surface area (Å²) >= 11 is 1.97. The molecule has 1 atom stereocenters. The molecule has 2 nitrogen and oxygen atoms in total. The van der Waals surface area contributed by atoms with Crippen molar-refractivity contribution in [1.29, 1.82) is 0 Å². The Hall–Kier alpha value is -0.670. The molecule has 0 aromatic heterocycles. The topological polar surface area (TPSA) is 35.2 Å². The smallest absolute Gasteiger partial charge is 0.122 e. The van der Waals surface area contributed by atoms with Crippen LogP contribution < -0.4 is 10.5 Å². The van der Waals surface area contributed by atoms with E-state index >= 15 is 0 Å². The van der Waals surface area contributed by atoms with Crippen LogP contribution in [-0.2, 0) is 6.42 Å². The summed E-state index contributed by atoms with van der Waals surface area (Å²) in [6.45, 7) is 3.01. The van der Waals surface area contributed by atoms with Crippen molar-refractivity contribution in [2.75, 3.05) is 18.1 Å². The van der Waals surface area contributed by atoms with Crippen LogP contribution in [0.25, 0.3) is 0 Å². The molecule has 2 N–H and O–H groups in total. The van der Waals surface area contributed by atoms with Gasteiger partial charge in [-0.25, -0.2) is 0 Å². The monoisotopic (exact) mass is 265 g/mol. The highest BCUT2D eigenvalue weighted by molar-refractivity contribution is 7.99. The van der Waals surface area contributed by atoms with Crippen molar-refractivity contribution in [2.24, 2.45) is 5.73 Å². The van der Waals surface area contributed by atoms with Gasteiger partial charge >= 0.3 is 0 Å². The van der Waals surface area contributed by atoms with Gasteiger partial charge in [0.1, 0.15) is 5.75 Å². The van der Waals surface area contributed by atoms with Gasteiger partial charge in [0.15, 0.2) is 0 Å². The number of fused-ring (bicyclic) bond motifs is 1. The van der Waals surface area contributed by atoms with Crippen molar-refractivity contribution in [3.63, 3.8) is 0 Å². The van der Waals surface area contributed by atoms with Gasteiger partial charge in [0, 0.05) is 6.04 Å². The first-order valence-corrected chi connectivity index (χ1v) is 8.06. The molecule has 2 rings (SSSR count). The fraction of sp³-hybridized carbons (Fsp3) is 0.600. The Morgan fingerprint density at radius 3 is 3.17 bits per heavy atom.